The number of imidazole rings is 1. The minimum atomic E-state index is -4.49. The molecule has 0 spiro atoms. The highest BCUT2D eigenvalue weighted by Crippen LogP contribution is 2.28. The molecule has 8 nitrogen and oxygen atoms in total. The maximum Gasteiger partial charge on any atom is 0.406 e. The largest absolute Gasteiger partial charge is 0.495 e. The second-order valence-electron chi connectivity index (χ2n) is 7.14. The number of alkyl halides is 3. The molecule has 1 heterocycles. The van der Waals surface area contributed by atoms with Crippen LogP contribution in [0, 0.1) is 17.7 Å². The van der Waals surface area contributed by atoms with Crippen LogP contribution in [0.2, 0.25) is 0 Å². The van der Waals surface area contributed by atoms with Gasteiger partial charge < -0.3 is 24.7 Å². The van der Waals surface area contributed by atoms with Crippen LogP contribution in [0.15, 0.2) is 30.6 Å². The third-order valence-electron chi connectivity index (χ3n) is 4.84. The van der Waals surface area contributed by atoms with E-state index in [0.717, 1.165) is 24.1 Å². The third kappa shape index (κ3) is 5.81. The van der Waals surface area contributed by atoms with Gasteiger partial charge in [-0.05, 0) is 18.2 Å². The second kappa shape index (κ2) is 10.3. The Morgan fingerprint density at radius 1 is 1.14 bits per heavy atom. The summed E-state index contributed by atoms with van der Waals surface area (Å²) in [6.45, 7) is -1.30. The number of ether oxygens (including phenoxy) is 2. The summed E-state index contributed by atoms with van der Waals surface area (Å²) in [6.07, 6.45) is -3.50. The number of fused-ring (bicyclic) bond motifs is 1. The summed E-state index contributed by atoms with van der Waals surface area (Å²) in [7, 11) is 3.87. The fourth-order valence-corrected chi connectivity index (χ4v) is 3.28. The molecule has 3 aromatic rings. The van der Waals surface area contributed by atoms with E-state index in [1.807, 2.05) is 0 Å². The lowest BCUT2D eigenvalue weighted by atomic mass is 10.1. The van der Waals surface area contributed by atoms with Crippen molar-refractivity contribution in [1.82, 2.24) is 14.9 Å². The zero-order valence-electron chi connectivity index (χ0n) is 18.8. The van der Waals surface area contributed by atoms with Gasteiger partial charge in [0.25, 0.3) is 5.91 Å². The van der Waals surface area contributed by atoms with E-state index in [9.17, 15) is 27.2 Å². The van der Waals surface area contributed by atoms with Crippen LogP contribution in [0.4, 0.5) is 23.2 Å². The minimum absolute atomic E-state index is 0.0114. The van der Waals surface area contributed by atoms with Crippen molar-refractivity contribution in [2.75, 3.05) is 33.1 Å². The SMILES string of the molecule is CNC(=O)c1cc(OC)c(NCC#Cc2cc(C(=O)OC)c3ncn(CC(F)(F)F)c3c2)cc1F. The van der Waals surface area contributed by atoms with Crippen LogP contribution in [-0.4, -0.2) is 55.4 Å². The number of hydrogen-bond donors (Lipinski definition) is 2. The number of carbonyl (C=O) groups is 2. The van der Waals surface area contributed by atoms with E-state index >= 15 is 0 Å². The summed E-state index contributed by atoms with van der Waals surface area (Å²) >= 11 is 0. The van der Waals surface area contributed by atoms with Gasteiger partial charge in [-0.1, -0.05) is 11.8 Å². The van der Waals surface area contributed by atoms with Crippen LogP contribution in [0.1, 0.15) is 26.3 Å². The zero-order valence-corrected chi connectivity index (χ0v) is 18.8. The van der Waals surface area contributed by atoms with Gasteiger partial charge in [-0.15, -0.1) is 0 Å². The summed E-state index contributed by atoms with van der Waals surface area (Å²) in [5, 5.41) is 5.18. The number of nitrogens with one attached hydrogen (secondary N) is 2. The van der Waals surface area contributed by atoms with Crippen molar-refractivity contribution in [3.05, 3.63) is 53.1 Å². The number of methoxy groups -OCH3 is 2. The monoisotopic (exact) mass is 492 g/mol. The number of halogens is 4. The Kier molecular flexibility index (Phi) is 7.49. The topological polar surface area (TPSA) is 94.5 Å². The smallest absolute Gasteiger partial charge is 0.406 e. The molecule has 0 aliphatic carbocycles. The minimum Gasteiger partial charge on any atom is -0.495 e. The number of amides is 1. The van der Waals surface area contributed by atoms with Crippen molar-refractivity contribution in [1.29, 1.82) is 0 Å². The fourth-order valence-electron chi connectivity index (χ4n) is 3.28. The number of rotatable bonds is 6. The summed E-state index contributed by atoms with van der Waals surface area (Å²) in [5.74, 6) is 3.56. The first-order chi connectivity index (χ1) is 16.6. The lowest BCUT2D eigenvalue weighted by Gasteiger charge is -2.12. The van der Waals surface area contributed by atoms with Crippen LogP contribution in [0.5, 0.6) is 5.75 Å². The predicted molar refractivity (Wildman–Crippen MR) is 119 cm³/mol. The molecule has 0 aliphatic rings. The Morgan fingerprint density at radius 2 is 1.89 bits per heavy atom. The molecule has 1 amide bonds. The van der Waals surface area contributed by atoms with Gasteiger partial charge in [-0.25, -0.2) is 14.2 Å². The Balaban J connectivity index is 1.90. The molecule has 2 N–H and O–H groups in total. The van der Waals surface area contributed by atoms with Crippen molar-refractivity contribution in [3.63, 3.8) is 0 Å². The molecule has 0 fully saturated rings. The predicted octanol–water partition coefficient (Wildman–Crippen LogP) is 3.36. The van der Waals surface area contributed by atoms with Crippen molar-refractivity contribution in [3.8, 4) is 17.6 Å². The first kappa shape index (κ1) is 25.4. The van der Waals surface area contributed by atoms with E-state index in [2.05, 4.69) is 27.5 Å². The average molecular weight is 492 g/mol. The molecular weight excluding hydrogens is 472 g/mol. The Hall–Kier alpha value is -4.27. The molecule has 3 rings (SSSR count). The maximum absolute atomic E-state index is 14.3. The van der Waals surface area contributed by atoms with Gasteiger partial charge in [0, 0.05) is 18.7 Å². The van der Waals surface area contributed by atoms with Gasteiger partial charge in [0.05, 0.1) is 49.4 Å². The van der Waals surface area contributed by atoms with Gasteiger partial charge in [-0.2, -0.15) is 13.2 Å². The lowest BCUT2D eigenvalue weighted by Crippen LogP contribution is -2.19. The highest BCUT2D eigenvalue weighted by atomic mass is 19.4. The lowest BCUT2D eigenvalue weighted by molar-refractivity contribution is -0.139. The third-order valence-corrected chi connectivity index (χ3v) is 4.84. The molecular formula is C23H20F4N4O4. The van der Waals surface area contributed by atoms with Gasteiger partial charge in [0.1, 0.15) is 23.6 Å². The first-order valence-corrected chi connectivity index (χ1v) is 10.0. The summed E-state index contributed by atoms with van der Waals surface area (Å²) in [4.78, 5) is 27.8. The van der Waals surface area contributed by atoms with Crippen LogP contribution in [0.3, 0.4) is 0 Å². The Morgan fingerprint density at radius 3 is 2.51 bits per heavy atom. The van der Waals surface area contributed by atoms with Gasteiger partial charge in [0.2, 0.25) is 0 Å². The van der Waals surface area contributed by atoms with E-state index in [0.29, 0.717) is 0 Å². The number of benzene rings is 2. The molecule has 0 atom stereocenters. The molecule has 0 aliphatic heterocycles. The molecule has 12 heteroatoms. The summed E-state index contributed by atoms with van der Waals surface area (Å²) < 4.78 is 63.8. The molecule has 35 heavy (non-hydrogen) atoms. The van der Waals surface area contributed by atoms with Crippen molar-refractivity contribution < 1.29 is 36.6 Å². The number of carbonyl (C=O) groups excluding carboxylic acids is 2. The molecule has 2 aromatic carbocycles. The number of aromatic nitrogens is 2. The molecule has 0 radical (unpaired) electrons. The number of esters is 1. The molecule has 1 aromatic heterocycles. The molecule has 184 valence electrons. The van der Waals surface area contributed by atoms with Crippen LogP contribution in [0.25, 0.3) is 11.0 Å². The van der Waals surface area contributed by atoms with Gasteiger partial charge in [-0.3, -0.25) is 4.79 Å². The van der Waals surface area contributed by atoms with E-state index in [1.165, 1.54) is 32.4 Å². The highest BCUT2D eigenvalue weighted by Gasteiger charge is 2.29. The van der Waals surface area contributed by atoms with Gasteiger partial charge >= 0.3 is 12.1 Å². The van der Waals surface area contributed by atoms with E-state index in [4.69, 9.17) is 9.47 Å². The fraction of sp³-hybridized carbons (Fsp3) is 0.261. The van der Waals surface area contributed by atoms with Crippen molar-refractivity contribution in [2.45, 2.75) is 12.7 Å². The van der Waals surface area contributed by atoms with E-state index in [1.54, 1.807) is 0 Å². The standard InChI is InChI=1S/C23H20F4N4O4/c1-28-21(32)14-9-19(34-2)17(10-16(14)24)29-6-4-5-13-7-15(22(33)35-3)20-18(8-13)31(12-30-20)11-23(25,26)27/h7-10,12,29H,6,11H2,1-3H3,(H,28,32). The normalized spacial score (nSPS) is 10.9. The quantitative estimate of drug-likeness (QED) is 0.312. The van der Waals surface area contributed by atoms with Crippen molar-refractivity contribution >= 4 is 28.6 Å². The highest BCUT2D eigenvalue weighted by molar-refractivity contribution is 6.02. The molecule has 0 bridgehead atoms. The molecule has 0 unspecified atom stereocenters. The Labute approximate surface area is 197 Å². The Bertz CT molecular complexity index is 1340. The number of nitrogens with zero attached hydrogens (tertiary/aromatic N) is 2. The van der Waals surface area contributed by atoms with Crippen LogP contribution in [-0.2, 0) is 11.3 Å². The maximum atomic E-state index is 14.3. The van der Waals surface area contributed by atoms with E-state index in [-0.39, 0.29) is 45.7 Å². The van der Waals surface area contributed by atoms with Crippen molar-refractivity contribution in [2.24, 2.45) is 0 Å². The first-order valence-electron chi connectivity index (χ1n) is 10.0. The second-order valence-corrected chi connectivity index (χ2v) is 7.14. The molecule has 0 saturated heterocycles. The average Bonchev–Trinajstić information content (AvgIpc) is 3.21. The summed E-state index contributed by atoms with van der Waals surface area (Å²) in [5.41, 5.74) is 0.381. The number of anilines is 1. The number of hydrogen-bond acceptors (Lipinski definition) is 6. The van der Waals surface area contributed by atoms with Crippen LogP contribution >= 0.6 is 0 Å². The molecule has 0 saturated carbocycles. The van der Waals surface area contributed by atoms with Gasteiger partial charge in [0.15, 0.2) is 0 Å². The zero-order chi connectivity index (χ0) is 25.8. The van der Waals surface area contributed by atoms with E-state index < -0.39 is 30.4 Å². The van der Waals surface area contributed by atoms with Crippen LogP contribution < -0.4 is 15.4 Å². The summed E-state index contributed by atoms with van der Waals surface area (Å²) in [6, 6.07) is 5.07.